The number of alkyl halides is 3. The predicted octanol–water partition coefficient (Wildman–Crippen LogP) is 6.26. The maximum Gasteiger partial charge on any atom is 0.425 e. The lowest BCUT2D eigenvalue weighted by molar-refractivity contribution is -0.134. The lowest BCUT2D eigenvalue weighted by Crippen LogP contribution is -2.43. The number of nitrogens with one attached hydrogen (secondary N) is 2. The molecule has 1 saturated heterocycles. The number of ether oxygens (including phenoxy) is 2. The standard InChI is InChI=1S/C26H23F3N2O4S/c1-15-2-4-17(30-24(33)21-6-7-22(36-21)26(27,28)29)13-18(15)16-3-5-19-20(12-16)35-25(14-23(32)31-19)8-10-34-11-9-25/h2-7,12-13H,8-11,14H2,1H3,(H,30,33)(H,31,32). The molecule has 2 N–H and O–H groups in total. The Balaban J connectivity index is 1.42. The Labute approximate surface area is 209 Å². The summed E-state index contributed by atoms with van der Waals surface area (Å²) in [6.07, 6.45) is -3.01. The van der Waals surface area contributed by atoms with E-state index in [9.17, 15) is 22.8 Å². The Kier molecular flexibility index (Phi) is 6.25. The van der Waals surface area contributed by atoms with Crippen LogP contribution in [0.3, 0.4) is 0 Å². The number of carbonyl (C=O) groups is 2. The fourth-order valence-corrected chi connectivity index (χ4v) is 5.24. The fraction of sp³-hybridized carbons (Fsp3) is 0.308. The lowest BCUT2D eigenvalue weighted by Gasteiger charge is -2.35. The zero-order chi connectivity index (χ0) is 25.5. The number of rotatable bonds is 3. The number of halogens is 3. The molecule has 1 aromatic heterocycles. The second-order valence-electron chi connectivity index (χ2n) is 8.98. The Hall–Kier alpha value is -3.37. The van der Waals surface area contributed by atoms with Gasteiger partial charge in [0.15, 0.2) is 0 Å². The van der Waals surface area contributed by atoms with E-state index in [4.69, 9.17) is 9.47 Å². The summed E-state index contributed by atoms with van der Waals surface area (Å²) in [5.74, 6) is -0.154. The molecule has 1 fully saturated rings. The summed E-state index contributed by atoms with van der Waals surface area (Å²) in [6, 6.07) is 12.9. The molecule has 0 radical (unpaired) electrons. The summed E-state index contributed by atoms with van der Waals surface area (Å²) >= 11 is 0.402. The summed E-state index contributed by atoms with van der Waals surface area (Å²) in [5, 5.41) is 5.60. The smallest absolute Gasteiger partial charge is 0.425 e. The van der Waals surface area contributed by atoms with Gasteiger partial charge < -0.3 is 20.1 Å². The van der Waals surface area contributed by atoms with E-state index in [-0.39, 0.29) is 17.2 Å². The van der Waals surface area contributed by atoms with Crippen molar-refractivity contribution in [3.05, 3.63) is 63.8 Å². The number of hydrogen-bond acceptors (Lipinski definition) is 5. The van der Waals surface area contributed by atoms with Crippen LogP contribution in [0.5, 0.6) is 5.75 Å². The summed E-state index contributed by atoms with van der Waals surface area (Å²) in [5.41, 5.74) is 2.99. The molecule has 2 aliphatic rings. The minimum absolute atomic E-state index is 0.0274. The molecule has 6 nitrogen and oxygen atoms in total. The number of benzene rings is 2. The Morgan fingerprint density at radius 1 is 1.08 bits per heavy atom. The zero-order valence-corrected chi connectivity index (χ0v) is 20.1. The van der Waals surface area contributed by atoms with Crippen LogP contribution in [0.2, 0.25) is 0 Å². The third-order valence-corrected chi connectivity index (χ3v) is 7.51. The van der Waals surface area contributed by atoms with Crippen molar-refractivity contribution >= 4 is 34.5 Å². The van der Waals surface area contributed by atoms with Gasteiger partial charge in [-0.2, -0.15) is 13.2 Å². The van der Waals surface area contributed by atoms with Crippen LogP contribution in [-0.2, 0) is 15.7 Å². The number of amides is 2. The second-order valence-corrected chi connectivity index (χ2v) is 10.1. The largest absolute Gasteiger partial charge is 0.484 e. The van der Waals surface area contributed by atoms with Crippen molar-refractivity contribution in [2.45, 2.75) is 38.0 Å². The number of fused-ring (bicyclic) bond motifs is 1. The molecule has 2 aliphatic heterocycles. The maximum absolute atomic E-state index is 12.9. The highest BCUT2D eigenvalue weighted by molar-refractivity contribution is 7.14. The van der Waals surface area contributed by atoms with Crippen LogP contribution in [0.15, 0.2) is 48.5 Å². The first-order valence-electron chi connectivity index (χ1n) is 11.4. The first-order valence-corrected chi connectivity index (χ1v) is 12.2. The van der Waals surface area contributed by atoms with Gasteiger partial charge in [-0.3, -0.25) is 9.59 Å². The third-order valence-electron chi connectivity index (χ3n) is 6.38. The highest BCUT2D eigenvalue weighted by Crippen LogP contribution is 2.41. The normalized spacial score (nSPS) is 17.1. The van der Waals surface area contributed by atoms with Crippen LogP contribution in [0.4, 0.5) is 24.5 Å². The molecule has 10 heteroatoms. The van der Waals surface area contributed by atoms with E-state index in [1.807, 2.05) is 25.1 Å². The van der Waals surface area contributed by atoms with Gasteiger partial charge in [0, 0.05) is 18.5 Å². The van der Waals surface area contributed by atoms with Crippen LogP contribution in [-0.4, -0.2) is 30.6 Å². The third kappa shape index (κ3) is 4.96. The molecule has 188 valence electrons. The Bertz CT molecular complexity index is 1330. The number of thiophene rings is 1. The number of carbonyl (C=O) groups excluding carboxylic acids is 2. The van der Waals surface area contributed by atoms with E-state index in [0.717, 1.165) is 22.8 Å². The first kappa shape index (κ1) is 24.3. The van der Waals surface area contributed by atoms with Crippen molar-refractivity contribution in [1.29, 1.82) is 0 Å². The van der Waals surface area contributed by atoms with E-state index in [0.29, 0.717) is 54.5 Å². The molecule has 0 aliphatic carbocycles. The van der Waals surface area contributed by atoms with Crippen LogP contribution < -0.4 is 15.4 Å². The molecule has 5 rings (SSSR count). The fourth-order valence-electron chi connectivity index (χ4n) is 4.47. The van der Waals surface area contributed by atoms with Crippen LogP contribution in [0.25, 0.3) is 11.1 Å². The summed E-state index contributed by atoms with van der Waals surface area (Å²) in [6.45, 7) is 2.97. The van der Waals surface area contributed by atoms with Crippen LogP contribution >= 0.6 is 11.3 Å². The molecule has 0 saturated carbocycles. The SMILES string of the molecule is Cc1ccc(NC(=O)c2ccc(C(F)(F)F)s2)cc1-c1ccc2c(c1)OC1(CCOCC1)CC(=O)N2. The van der Waals surface area contributed by atoms with Gasteiger partial charge in [0.25, 0.3) is 5.91 Å². The minimum atomic E-state index is -4.49. The topological polar surface area (TPSA) is 76.7 Å². The van der Waals surface area contributed by atoms with E-state index in [2.05, 4.69) is 10.6 Å². The van der Waals surface area contributed by atoms with E-state index >= 15 is 0 Å². The molecule has 2 amide bonds. The molecule has 3 aromatic rings. The van der Waals surface area contributed by atoms with Crippen molar-refractivity contribution in [2.75, 3.05) is 23.8 Å². The molecule has 0 bridgehead atoms. The molecule has 0 atom stereocenters. The Morgan fingerprint density at radius 3 is 2.58 bits per heavy atom. The van der Waals surface area contributed by atoms with Gasteiger partial charge in [-0.05, 0) is 60.0 Å². The summed E-state index contributed by atoms with van der Waals surface area (Å²) < 4.78 is 50.6. The van der Waals surface area contributed by atoms with Crippen molar-refractivity contribution in [3.8, 4) is 16.9 Å². The minimum Gasteiger partial charge on any atom is -0.484 e. The predicted molar refractivity (Wildman–Crippen MR) is 131 cm³/mol. The average Bonchev–Trinajstić information content (AvgIpc) is 3.29. The second kappa shape index (κ2) is 9.25. The van der Waals surface area contributed by atoms with Crippen LogP contribution in [0, 0.1) is 6.92 Å². The van der Waals surface area contributed by atoms with E-state index in [1.165, 1.54) is 6.07 Å². The van der Waals surface area contributed by atoms with Crippen molar-refractivity contribution in [1.82, 2.24) is 0 Å². The molecule has 0 unspecified atom stereocenters. The van der Waals surface area contributed by atoms with Crippen LogP contribution in [0.1, 0.15) is 39.4 Å². The van der Waals surface area contributed by atoms with Gasteiger partial charge in [0.05, 0.1) is 30.2 Å². The van der Waals surface area contributed by atoms with E-state index in [1.54, 1.807) is 18.2 Å². The van der Waals surface area contributed by atoms with Gasteiger partial charge >= 0.3 is 6.18 Å². The maximum atomic E-state index is 12.9. The quantitative estimate of drug-likeness (QED) is 0.431. The highest BCUT2D eigenvalue weighted by Gasteiger charge is 2.40. The van der Waals surface area contributed by atoms with Gasteiger partial charge in [0.1, 0.15) is 16.2 Å². The molecule has 36 heavy (non-hydrogen) atoms. The van der Waals surface area contributed by atoms with Gasteiger partial charge in [-0.25, -0.2) is 0 Å². The molecule has 3 heterocycles. The molecule has 1 spiro atoms. The zero-order valence-electron chi connectivity index (χ0n) is 19.3. The monoisotopic (exact) mass is 516 g/mol. The first-order chi connectivity index (χ1) is 17.1. The van der Waals surface area contributed by atoms with Crippen molar-refractivity contribution in [3.63, 3.8) is 0 Å². The van der Waals surface area contributed by atoms with Crippen molar-refractivity contribution in [2.24, 2.45) is 0 Å². The molecular weight excluding hydrogens is 493 g/mol. The van der Waals surface area contributed by atoms with Gasteiger partial charge in [-0.1, -0.05) is 12.1 Å². The average molecular weight is 517 g/mol. The number of hydrogen-bond donors (Lipinski definition) is 2. The van der Waals surface area contributed by atoms with Gasteiger partial charge in [0.2, 0.25) is 5.91 Å². The van der Waals surface area contributed by atoms with E-state index < -0.39 is 22.6 Å². The summed E-state index contributed by atoms with van der Waals surface area (Å²) in [4.78, 5) is 24.2. The lowest BCUT2D eigenvalue weighted by atomic mass is 9.90. The molecular formula is C26H23F3N2O4S. The summed E-state index contributed by atoms with van der Waals surface area (Å²) in [7, 11) is 0. The number of aryl methyl sites for hydroxylation is 1. The Morgan fingerprint density at radius 2 is 1.86 bits per heavy atom. The van der Waals surface area contributed by atoms with Crippen molar-refractivity contribution < 1.29 is 32.2 Å². The van der Waals surface area contributed by atoms with Gasteiger partial charge in [-0.15, -0.1) is 11.3 Å². The highest BCUT2D eigenvalue weighted by atomic mass is 32.1. The molecule has 2 aromatic carbocycles. The number of anilines is 2.